The molecule has 0 spiro atoms. The Morgan fingerprint density at radius 3 is 2.50 bits per heavy atom. The summed E-state index contributed by atoms with van der Waals surface area (Å²) in [6.45, 7) is 4.90. The monoisotopic (exact) mass is 359 g/mol. The lowest BCUT2D eigenvalue weighted by Gasteiger charge is -2.28. The Bertz CT molecular complexity index is 605. The number of hydrogen-bond acceptors (Lipinski definition) is 4. The van der Waals surface area contributed by atoms with Gasteiger partial charge >= 0.3 is 0 Å². The van der Waals surface area contributed by atoms with E-state index < -0.39 is 0 Å². The highest BCUT2D eigenvalue weighted by Crippen LogP contribution is 2.23. The van der Waals surface area contributed by atoms with Crippen LogP contribution in [0.1, 0.15) is 39.0 Å². The smallest absolute Gasteiger partial charge is 0.253 e. The molecular weight excluding hydrogens is 330 g/mol. The SMILES string of the molecule is CC(CC(=O)Nc1ccc(NC(=O)C2CCCO2)cc1)C1CCCNC1. The zero-order chi connectivity index (χ0) is 18.4. The van der Waals surface area contributed by atoms with Gasteiger partial charge in [0, 0.05) is 24.4 Å². The molecule has 1 aromatic carbocycles. The molecule has 2 amide bonds. The van der Waals surface area contributed by atoms with E-state index in [1.54, 1.807) is 12.1 Å². The molecule has 3 unspecified atom stereocenters. The van der Waals surface area contributed by atoms with Crippen molar-refractivity contribution in [3.8, 4) is 0 Å². The van der Waals surface area contributed by atoms with Gasteiger partial charge in [-0.05, 0) is 74.9 Å². The lowest BCUT2D eigenvalue weighted by molar-refractivity contribution is -0.124. The molecule has 2 heterocycles. The molecule has 0 radical (unpaired) electrons. The first-order valence-corrected chi connectivity index (χ1v) is 9.65. The van der Waals surface area contributed by atoms with Gasteiger partial charge in [-0.2, -0.15) is 0 Å². The number of amides is 2. The summed E-state index contributed by atoms with van der Waals surface area (Å²) in [6.07, 6.45) is 4.28. The lowest BCUT2D eigenvalue weighted by atomic mass is 9.85. The normalized spacial score (nSPS) is 24.0. The molecule has 1 aromatic rings. The lowest BCUT2D eigenvalue weighted by Crippen LogP contribution is -2.34. The minimum atomic E-state index is -0.342. The molecule has 3 atom stereocenters. The average molecular weight is 359 g/mol. The van der Waals surface area contributed by atoms with Crippen LogP contribution >= 0.6 is 0 Å². The van der Waals surface area contributed by atoms with E-state index in [0.29, 0.717) is 30.6 Å². The molecule has 142 valence electrons. The second-order valence-corrected chi connectivity index (χ2v) is 7.40. The number of hydrogen-bond donors (Lipinski definition) is 3. The number of nitrogens with one attached hydrogen (secondary N) is 3. The highest BCUT2D eigenvalue weighted by molar-refractivity contribution is 5.95. The highest BCUT2D eigenvalue weighted by Gasteiger charge is 2.24. The van der Waals surface area contributed by atoms with E-state index in [1.165, 1.54) is 12.8 Å². The molecule has 6 nitrogen and oxygen atoms in total. The first kappa shape index (κ1) is 18.9. The van der Waals surface area contributed by atoms with Crippen LogP contribution in [-0.4, -0.2) is 37.6 Å². The Kier molecular flexibility index (Phi) is 6.63. The maximum atomic E-state index is 12.3. The predicted octanol–water partition coefficient (Wildman–Crippen LogP) is 2.77. The molecule has 6 heteroatoms. The fourth-order valence-electron chi connectivity index (χ4n) is 3.68. The van der Waals surface area contributed by atoms with Gasteiger partial charge in [0.25, 0.3) is 5.91 Å². The molecule has 3 N–H and O–H groups in total. The largest absolute Gasteiger partial charge is 0.368 e. The van der Waals surface area contributed by atoms with Gasteiger partial charge in [-0.1, -0.05) is 6.92 Å². The van der Waals surface area contributed by atoms with Crippen molar-refractivity contribution in [2.75, 3.05) is 30.3 Å². The molecule has 0 bridgehead atoms. The molecule has 3 rings (SSSR count). The molecule has 0 aliphatic carbocycles. The Morgan fingerprint density at radius 1 is 1.15 bits per heavy atom. The topological polar surface area (TPSA) is 79.5 Å². The minimum Gasteiger partial charge on any atom is -0.368 e. The van der Waals surface area contributed by atoms with Crippen LogP contribution in [0.2, 0.25) is 0 Å². The standard InChI is InChI=1S/C20H29N3O3/c1-14(15-4-2-10-21-13-15)12-19(24)22-16-6-8-17(9-7-16)23-20(25)18-5-3-11-26-18/h6-9,14-15,18,21H,2-5,10-13H2,1H3,(H,22,24)(H,23,25). The molecule has 2 fully saturated rings. The molecule has 2 aliphatic heterocycles. The average Bonchev–Trinajstić information content (AvgIpc) is 3.19. The van der Waals surface area contributed by atoms with E-state index >= 15 is 0 Å². The summed E-state index contributed by atoms with van der Waals surface area (Å²) in [5.41, 5.74) is 1.46. The molecule has 0 aromatic heterocycles. The molecule has 26 heavy (non-hydrogen) atoms. The van der Waals surface area contributed by atoms with E-state index in [-0.39, 0.29) is 17.9 Å². The van der Waals surface area contributed by atoms with Crippen molar-refractivity contribution in [2.45, 2.75) is 45.1 Å². The van der Waals surface area contributed by atoms with Crippen molar-refractivity contribution in [3.63, 3.8) is 0 Å². The maximum absolute atomic E-state index is 12.3. The van der Waals surface area contributed by atoms with E-state index in [2.05, 4.69) is 22.9 Å². The van der Waals surface area contributed by atoms with Crippen LogP contribution in [-0.2, 0) is 14.3 Å². The molecular formula is C20H29N3O3. The van der Waals surface area contributed by atoms with Crippen molar-refractivity contribution >= 4 is 23.2 Å². The highest BCUT2D eigenvalue weighted by atomic mass is 16.5. The quantitative estimate of drug-likeness (QED) is 0.730. The van der Waals surface area contributed by atoms with Crippen molar-refractivity contribution in [3.05, 3.63) is 24.3 Å². The van der Waals surface area contributed by atoms with Crippen LogP contribution in [0.4, 0.5) is 11.4 Å². The van der Waals surface area contributed by atoms with Crippen LogP contribution < -0.4 is 16.0 Å². The molecule has 2 saturated heterocycles. The summed E-state index contributed by atoms with van der Waals surface area (Å²) in [6, 6.07) is 7.24. The van der Waals surface area contributed by atoms with Gasteiger partial charge in [0.05, 0.1) is 0 Å². The Labute approximate surface area is 155 Å². The summed E-state index contributed by atoms with van der Waals surface area (Å²) in [4.78, 5) is 24.3. The van der Waals surface area contributed by atoms with Crippen molar-refractivity contribution in [2.24, 2.45) is 11.8 Å². The van der Waals surface area contributed by atoms with Gasteiger partial charge in [-0.25, -0.2) is 0 Å². The van der Waals surface area contributed by atoms with Gasteiger partial charge in [0.15, 0.2) is 0 Å². The van der Waals surface area contributed by atoms with Gasteiger partial charge in [-0.3, -0.25) is 9.59 Å². The van der Waals surface area contributed by atoms with E-state index in [9.17, 15) is 9.59 Å². The first-order chi connectivity index (χ1) is 12.6. The number of anilines is 2. The van der Waals surface area contributed by atoms with Crippen molar-refractivity contribution < 1.29 is 14.3 Å². The summed E-state index contributed by atoms with van der Waals surface area (Å²) >= 11 is 0. The summed E-state index contributed by atoms with van der Waals surface area (Å²) in [5.74, 6) is 0.881. The van der Waals surface area contributed by atoms with Crippen molar-refractivity contribution in [1.82, 2.24) is 5.32 Å². The zero-order valence-electron chi connectivity index (χ0n) is 15.4. The second-order valence-electron chi connectivity index (χ2n) is 7.40. The van der Waals surface area contributed by atoms with Gasteiger partial charge in [0.1, 0.15) is 6.10 Å². The van der Waals surface area contributed by atoms with Crippen LogP contribution in [0.3, 0.4) is 0 Å². The Morgan fingerprint density at radius 2 is 1.88 bits per heavy atom. The first-order valence-electron chi connectivity index (χ1n) is 9.65. The third-order valence-electron chi connectivity index (χ3n) is 5.31. The van der Waals surface area contributed by atoms with Gasteiger partial charge in [-0.15, -0.1) is 0 Å². The van der Waals surface area contributed by atoms with Crippen LogP contribution in [0, 0.1) is 11.8 Å². The van der Waals surface area contributed by atoms with Gasteiger partial charge in [0.2, 0.25) is 5.91 Å². The van der Waals surface area contributed by atoms with E-state index in [4.69, 9.17) is 4.74 Å². The fraction of sp³-hybridized carbons (Fsp3) is 0.600. The predicted molar refractivity (Wildman–Crippen MR) is 102 cm³/mol. The maximum Gasteiger partial charge on any atom is 0.253 e. The minimum absolute atomic E-state index is 0.0409. The number of piperidine rings is 1. The van der Waals surface area contributed by atoms with Crippen LogP contribution in [0.15, 0.2) is 24.3 Å². The van der Waals surface area contributed by atoms with E-state index in [0.717, 1.165) is 31.6 Å². The number of benzene rings is 1. The third kappa shape index (κ3) is 5.29. The molecule has 2 aliphatic rings. The van der Waals surface area contributed by atoms with Crippen LogP contribution in [0.5, 0.6) is 0 Å². The van der Waals surface area contributed by atoms with Crippen molar-refractivity contribution in [1.29, 1.82) is 0 Å². The number of carbonyl (C=O) groups excluding carboxylic acids is 2. The zero-order valence-corrected chi connectivity index (χ0v) is 15.4. The van der Waals surface area contributed by atoms with Crippen LogP contribution in [0.25, 0.3) is 0 Å². The summed E-state index contributed by atoms with van der Waals surface area (Å²) in [7, 11) is 0. The van der Waals surface area contributed by atoms with E-state index in [1.807, 2.05) is 12.1 Å². The Balaban J connectivity index is 1.45. The number of rotatable bonds is 6. The number of carbonyl (C=O) groups is 2. The fourth-order valence-corrected chi connectivity index (χ4v) is 3.68. The summed E-state index contributed by atoms with van der Waals surface area (Å²) < 4.78 is 5.38. The van der Waals surface area contributed by atoms with Gasteiger partial charge < -0.3 is 20.7 Å². The second kappa shape index (κ2) is 9.14. The number of ether oxygens (including phenoxy) is 1. The molecule has 0 saturated carbocycles. The summed E-state index contributed by atoms with van der Waals surface area (Å²) in [5, 5.41) is 9.21. The third-order valence-corrected chi connectivity index (χ3v) is 5.31. The Hall–Kier alpha value is -1.92.